The number of hydrogen-bond donors (Lipinski definition) is 2. The van der Waals surface area contributed by atoms with Gasteiger partial charge < -0.3 is 15.5 Å². The molecule has 2 N–H and O–H groups in total. The van der Waals surface area contributed by atoms with Crippen LogP contribution in [0, 0.1) is 11.6 Å². The van der Waals surface area contributed by atoms with Crippen molar-refractivity contribution < 1.29 is 23.2 Å². The minimum atomic E-state index is -1.17. The number of hydrogen-bond acceptors (Lipinski definition) is 5. The summed E-state index contributed by atoms with van der Waals surface area (Å²) in [6, 6.07) is 6.44. The van der Waals surface area contributed by atoms with Crippen molar-refractivity contribution in [2.45, 2.75) is 45.1 Å². The van der Waals surface area contributed by atoms with Crippen LogP contribution < -0.4 is 10.6 Å². The summed E-state index contributed by atoms with van der Waals surface area (Å²) >= 11 is 0. The van der Waals surface area contributed by atoms with Gasteiger partial charge in [-0.15, -0.1) is 0 Å². The van der Waals surface area contributed by atoms with Gasteiger partial charge >= 0.3 is 12.1 Å². The van der Waals surface area contributed by atoms with Crippen molar-refractivity contribution in [2.24, 2.45) is 0 Å². The van der Waals surface area contributed by atoms with Crippen LogP contribution in [0.15, 0.2) is 53.9 Å². The highest BCUT2D eigenvalue weighted by Gasteiger charge is 2.40. The van der Waals surface area contributed by atoms with E-state index in [1.54, 1.807) is 0 Å². The zero-order valence-corrected chi connectivity index (χ0v) is 21.0. The average molecular weight is 512 g/mol. The second-order valence-corrected chi connectivity index (χ2v) is 9.43. The van der Waals surface area contributed by atoms with E-state index in [1.165, 1.54) is 19.9 Å². The quantitative estimate of drug-likeness (QED) is 0.542. The number of pyridine rings is 1. The number of allylic oxidation sites excluding steroid dienone is 1. The SMILES string of the molecule is CC(=O)C1=C(C)NC(=O)N(C(=O)NCCCN2CCC(c3ccccn3)CC2)C1c1ccc(F)c(F)c1. The Morgan fingerprint density at radius 3 is 2.54 bits per heavy atom. The van der Waals surface area contributed by atoms with Crippen LogP contribution in [-0.2, 0) is 4.79 Å². The van der Waals surface area contributed by atoms with Gasteiger partial charge in [0.2, 0.25) is 0 Å². The Labute approximate surface area is 214 Å². The van der Waals surface area contributed by atoms with Crippen molar-refractivity contribution in [3.05, 3.63) is 76.8 Å². The van der Waals surface area contributed by atoms with Gasteiger partial charge in [0, 0.05) is 35.6 Å². The van der Waals surface area contributed by atoms with E-state index < -0.39 is 29.7 Å². The third-order valence-corrected chi connectivity index (χ3v) is 6.93. The third-order valence-electron chi connectivity index (χ3n) is 6.93. The zero-order valence-electron chi connectivity index (χ0n) is 21.0. The lowest BCUT2D eigenvalue weighted by atomic mass is 9.91. The largest absolute Gasteiger partial charge is 0.337 e. The molecule has 10 heteroatoms. The van der Waals surface area contributed by atoms with E-state index in [9.17, 15) is 23.2 Å². The number of carbonyl (C=O) groups excluding carboxylic acids is 3. The topological polar surface area (TPSA) is 94.6 Å². The van der Waals surface area contributed by atoms with Crippen LogP contribution in [0.5, 0.6) is 0 Å². The van der Waals surface area contributed by atoms with E-state index in [1.807, 2.05) is 18.3 Å². The van der Waals surface area contributed by atoms with Crippen LogP contribution in [-0.4, -0.2) is 58.8 Å². The van der Waals surface area contributed by atoms with E-state index in [2.05, 4.69) is 26.6 Å². The van der Waals surface area contributed by atoms with Gasteiger partial charge in [-0.25, -0.2) is 23.3 Å². The van der Waals surface area contributed by atoms with Crippen LogP contribution in [0.1, 0.15) is 56.3 Å². The number of halogens is 2. The number of carbonyl (C=O) groups is 3. The summed E-state index contributed by atoms with van der Waals surface area (Å²) in [6.45, 7) is 5.81. The van der Waals surface area contributed by atoms with Crippen molar-refractivity contribution >= 4 is 17.8 Å². The Balaban J connectivity index is 1.36. The Morgan fingerprint density at radius 1 is 1.14 bits per heavy atom. The lowest BCUT2D eigenvalue weighted by Gasteiger charge is -2.36. The number of amides is 4. The van der Waals surface area contributed by atoms with Gasteiger partial charge in [0.15, 0.2) is 17.4 Å². The van der Waals surface area contributed by atoms with Crippen molar-refractivity contribution in [3.8, 4) is 0 Å². The molecule has 4 amide bonds. The molecule has 1 saturated heterocycles. The molecular weight excluding hydrogens is 480 g/mol. The van der Waals surface area contributed by atoms with Crippen LogP contribution in [0.25, 0.3) is 0 Å². The van der Waals surface area contributed by atoms with Crippen LogP contribution in [0.4, 0.5) is 18.4 Å². The molecule has 0 aliphatic carbocycles. The van der Waals surface area contributed by atoms with E-state index in [4.69, 9.17) is 0 Å². The van der Waals surface area contributed by atoms with Gasteiger partial charge in [0.25, 0.3) is 0 Å². The Kier molecular flexibility index (Phi) is 8.27. The smallest absolute Gasteiger partial charge is 0.330 e. The molecule has 1 unspecified atom stereocenters. The molecule has 196 valence electrons. The molecule has 0 spiro atoms. The molecule has 37 heavy (non-hydrogen) atoms. The maximum atomic E-state index is 14.0. The number of likely N-dealkylation sites (tertiary alicyclic amines) is 1. The summed E-state index contributed by atoms with van der Waals surface area (Å²) in [5.41, 5.74) is 1.66. The minimum Gasteiger partial charge on any atom is -0.337 e. The van der Waals surface area contributed by atoms with Gasteiger partial charge in [-0.3, -0.25) is 9.78 Å². The van der Waals surface area contributed by atoms with E-state index in [0.717, 1.165) is 55.2 Å². The monoisotopic (exact) mass is 511 g/mol. The molecular formula is C27H31F2N5O3. The molecule has 1 atom stereocenters. The average Bonchev–Trinajstić information content (AvgIpc) is 2.88. The van der Waals surface area contributed by atoms with Gasteiger partial charge in [-0.2, -0.15) is 0 Å². The van der Waals surface area contributed by atoms with E-state index in [-0.39, 0.29) is 22.6 Å². The number of piperidine rings is 1. The van der Waals surface area contributed by atoms with Crippen molar-refractivity contribution in [1.29, 1.82) is 0 Å². The second kappa shape index (κ2) is 11.6. The number of ketones is 1. The Bertz CT molecular complexity index is 1200. The fourth-order valence-corrected chi connectivity index (χ4v) is 5.06. The molecule has 1 aromatic carbocycles. The summed E-state index contributed by atoms with van der Waals surface area (Å²) in [4.78, 5) is 46.0. The number of aromatic nitrogens is 1. The van der Waals surface area contributed by atoms with Crippen LogP contribution in [0.3, 0.4) is 0 Å². The van der Waals surface area contributed by atoms with E-state index in [0.29, 0.717) is 18.9 Å². The first-order valence-electron chi connectivity index (χ1n) is 12.4. The maximum absolute atomic E-state index is 14.0. The number of nitrogens with zero attached hydrogens (tertiary/aromatic N) is 3. The molecule has 2 aliphatic rings. The second-order valence-electron chi connectivity index (χ2n) is 9.43. The predicted octanol–water partition coefficient (Wildman–Crippen LogP) is 4.27. The summed E-state index contributed by atoms with van der Waals surface area (Å²) in [5, 5.41) is 5.28. The molecule has 2 aliphatic heterocycles. The highest BCUT2D eigenvalue weighted by molar-refractivity contribution is 6.03. The van der Waals surface area contributed by atoms with Crippen molar-refractivity contribution in [2.75, 3.05) is 26.2 Å². The normalized spacial score (nSPS) is 19.1. The lowest BCUT2D eigenvalue weighted by molar-refractivity contribution is -0.114. The van der Waals surface area contributed by atoms with Crippen molar-refractivity contribution in [3.63, 3.8) is 0 Å². The molecule has 4 rings (SSSR count). The van der Waals surface area contributed by atoms with Gasteiger partial charge in [0.05, 0.1) is 6.04 Å². The summed E-state index contributed by atoms with van der Waals surface area (Å²) in [7, 11) is 0. The lowest BCUT2D eigenvalue weighted by Crippen LogP contribution is -2.54. The number of rotatable bonds is 7. The van der Waals surface area contributed by atoms with Crippen LogP contribution >= 0.6 is 0 Å². The third kappa shape index (κ3) is 6.02. The van der Waals surface area contributed by atoms with Crippen LogP contribution in [0.2, 0.25) is 0 Å². The Hall–Kier alpha value is -3.66. The van der Waals surface area contributed by atoms with Crippen molar-refractivity contribution in [1.82, 2.24) is 25.4 Å². The van der Waals surface area contributed by atoms with Gasteiger partial charge in [-0.1, -0.05) is 12.1 Å². The summed E-state index contributed by atoms with van der Waals surface area (Å²) in [6.07, 6.45) is 4.53. The highest BCUT2D eigenvalue weighted by Crippen LogP contribution is 2.34. The summed E-state index contributed by atoms with van der Waals surface area (Å²) in [5.74, 6) is -2.13. The number of nitrogens with one attached hydrogen (secondary N) is 2. The number of Topliss-reactive ketones (excluding diaryl/α,β-unsaturated/α-hetero) is 1. The zero-order chi connectivity index (χ0) is 26.5. The number of imide groups is 1. The molecule has 0 radical (unpaired) electrons. The molecule has 2 aromatic rings. The minimum absolute atomic E-state index is 0.129. The fourth-order valence-electron chi connectivity index (χ4n) is 5.06. The molecule has 8 nitrogen and oxygen atoms in total. The first-order chi connectivity index (χ1) is 17.8. The van der Waals surface area contributed by atoms with E-state index >= 15 is 0 Å². The van der Waals surface area contributed by atoms with Gasteiger partial charge in [-0.05, 0) is 82.6 Å². The molecule has 0 saturated carbocycles. The van der Waals surface area contributed by atoms with Gasteiger partial charge in [0.1, 0.15) is 0 Å². The highest BCUT2D eigenvalue weighted by atomic mass is 19.2. The molecule has 1 fully saturated rings. The summed E-state index contributed by atoms with van der Waals surface area (Å²) < 4.78 is 27.6. The number of benzene rings is 1. The molecule has 3 heterocycles. The predicted molar refractivity (Wildman–Crippen MR) is 134 cm³/mol. The fraction of sp³-hybridized carbons (Fsp3) is 0.407. The molecule has 1 aromatic heterocycles. The number of urea groups is 2. The molecule has 0 bridgehead atoms. The first kappa shape index (κ1) is 26.4. The Morgan fingerprint density at radius 2 is 1.89 bits per heavy atom. The standard InChI is InChI=1S/C27H31F2N5O3/c1-17-24(18(2)35)25(20-7-8-21(28)22(29)16-20)34(27(37)32-17)26(36)31-12-5-13-33-14-9-19(10-15-33)23-6-3-4-11-30-23/h3-4,6-8,11,16,19,25H,5,9-10,12-15H2,1-2H3,(H,31,36)(H,32,37). The maximum Gasteiger partial charge on any atom is 0.330 e. The first-order valence-corrected chi connectivity index (χ1v) is 12.4.